The van der Waals surface area contributed by atoms with Crippen LogP contribution in [0.15, 0.2) is 0 Å². The van der Waals surface area contributed by atoms with Crippen molar-refractivity contribution in [1.29, 1.82) is 0 Å². The van der Waals surface area contributed by atoms with Crippen molar-refractivity contribution in [2.45, 2.75) is 18.9 Å². The van der Waals surface area contributed by atoms with Crippen LogP contribution in [-0.2, 0) is 14.8 Å². The molecule has 112 valence electrons. The van der Waals surface area contributed by atoms with Crippen LogP contribution in [0.4, 0.5) is 4.79 Å². The van der Waals surface area contributed by atoms with Crippen molar-refractivity contribution in [3.63, 3.8) is 0 Å². The zero-order valence-electron chi connectivity index (χ0n) is 10.6. The lowest BCUT2D eigenvalue weighted by atomic mass is 10.2. The highest BCUT2D eigenvalue weighted by Crippen LogP contribution is 2.00. The molecule has 0 aliphatic carbocycles. The van der Waals surface area contributed by atoms with Crippen LogP contribution in [0.1, 0.15) is 12.8 Å². The predicted octanol–water partition coefficient (Wildman–Crippen LogP) is -0.829. The molecule has 0 aromatic heterocycles. The standard InChI is InChI=1S/C9H19N3O5S2/c1-18-5-3-7(8(13)14)12-9(15)11-4-2-6-19(10,16)17/h7H,2-6H2,1H3,(H,13,14)(H2,10,16,17)(H2,11,12,15). The van der Waals surface area contributed by atoms with E-state index in [1.165, 1.54) is 11.8 Å². The molecule has 0 aliphatic rings. The van der Waals surface area contributed by atoms with E-state index >= 15 is 0 Å². The van der Waals surface area contributed by atoms with E-state index in [0.717, 1.165) is 0 Å². The van der Waals surface area contributed by atoms with Gasteiger partial charge in [0, 0.05) is 6.54 Å². The van der Waals surface area contributed by atoms with Crippen LogP contribution in [0.3, 0.4) is 0 Å². The van der Waals surface area contributed by atoms with Crippen molar-refractivity contribution in [1.82, 2.24) is 10.6 Å². The second-order valence-electron chi connectivity index (χ2n) is 3.79. The normalized spacial score (nSPS) is 12.7. The molecule has 0 rings (SSSR count). The first-order chi connectivity index (χ1) is 8.76. The van der Waals surface area contributed by atoms with Crippen molar-refractivity contribution in [3.8, 4) is 0 Å². The van der Waals surface area contributed by atoms with Gasteiger partial charge in [-0.2, -0.15) is 11.8 Å². The van der Waals surface area contributed by atoms with Gasteiger partial charge in [0.2, 0.25) is 10.0 Å². The van der Waals surface area contributed by atoms with Crippen molar-refractivity contribution in [2.24, 2.45) is 5.14 Å². The molecule has 0 aromatic rings. The summed E-state index contributed by atoms with van der Waals surface area (Å²) in [5.74, 6) is -0.723. The number of carboxylic acid groups (broad SMARTS) is 1. The molecule has 0 saturated heterocycles. The van der Waals surface area contributed by atoms with Gasteiger partial charge in [0.25, 0.3) is 0 Å². The SMILES string of the molecule is CSCCC(NC(=O)NCCCS(N)(=O)=O)C(=O)O. The summed E-state index contributed by atoms with van der Waals surface area (Å²) in [4.78, 5) is 22.2. The molecule has 0 spiro atoms. The molecule has 0 bridgehead atoms. The Labute approximate surface area is 116 Å². The van der Waals surface area contributed by atoms with E-state index in [2.05, 4.69) is 10.6 Å². The summed E-state index contributed by atoms with van der Waals surface area (Å²) >= 11 is 1.48. The maximum atomic E-state index is 11.4. The van der Waals surface area contributed by atoms with Crippen molar-refractivity contribution < 1.29 is 23.1 Å². The van der Waals surface area contributed by atoms with Gasteiger partial charge in [0.15, 0.2) is 0 Å². The molecule has 0 saturated carbocycles. The highest BCUT2D eigenvalue weighted by Gasteiger charge is 2.18. The van der Waals surface area contributed by atoms with Gasteiger partial charge in [0.1, 0.15) is 6.04 Å². The van der Waals surface area contributed by atoms with E-state index in [1.807, 2.05) is 6.26 Å². The first kappa shape index (κ1) is 18.0. The number of hydrogen-bond donors (Lipinski definition) is 4. The molecule has 19 heavy (non-hydrogen) atoms. The Morgan fingerprint density at radius 1 is 1.42 bits per heavy atom. The summed E-state index contributed by atoms with van der Waals surface area (Å²) in [5.41, 5.74) is 0. The van der Waals surface area contributed by atoms with Crippen LogP contribution in [0.25, 0.3) is 0 Å². The summed E-state index contributed by atoms with van der Waals surface area (Å²) < 4.78 is 21.3. The average molecular weight is 313 g/mol. The highest BCUT2D eigenvalue weighted by molar-refractivity contribution is 7.98. The van der Waals surface area contributed by atoms with Crippen LogP contribution >= 0.6 is 11.8 Å². The summed E-state index contributed by atoms with van der Waals surface area (Å²) in [7, 11) is -3.54. The predicted molar refractivity (Wildman–Crippen MR) is 73.5 cm³/mol. The van der Waals surface area contributed by atoms with Gasteiger partial charge in [-0.05, 0) is 24.9 Å². The number of urea groups is 1. The van der Waals surface area contributed by atoms with Crippen LogP contribution < -0.4 is 15.8 Å². The number of amides is 2. The van der Waals surface area contributed by atoms with Crippen molar-refractivity contribution in [3.05, 3.63) is 0 Å². The Kier molecular flexibility index (Phi) is 8.52. The zero-order chi connectivity index (χ0) is 14.9. The Hall–Kier alpha value is -1.00. The molecule has 2 amide bonds. The number of carbonyl (C=O) groups is 2. The maximum Gasteiger partial charge on any atom is 0.326 e. The number of primary sulfonamides is 1. The van der Waals surface area contributed by atoms with Gasteiger partial charge in [0.05, 0.1) is 5.75 Å². The van der Waals surface area contributed by atoms with Crippen molar-refractivity contribution >= 4 is 33.8 Å². The number of hydrogen-bond acceptors (Lipinski definition) is 5. The number of aliphatic carboxylic acids is 1. The molecule has 0 radical (unpaired) electrons. The smallest absolute Gasteiger partial charge is 0.326 e. The maximum absolute atomic E-state index is 11.4. The van der Waals surface area contributed by atoms with Gasteiger partial charge < -0.3 is 15.7 Å². The number of carboxylic acids is 1. The van der Waals surface area contributed by atoms with Gasteiger partial charge in [-0.1, -0.05) is 0 Å². The molecule has 0 aromatic carbocycles. The van der Waals surface area contributed by atoms with Crippen LogP contribution in [0.5, 0.6) is 0 Å². The van der Waals surface area contributed by atoms with Gasteiger partial charge in [-0.15, -0.1) is 0 Å². The third-order valence-corrected chi connectivity index (χ3v) is 3.61. The van der Waals surface area contributed by atoms with Gasteiger partial charge >= 0.3 is 12.0 Å². The Morgan fingerprint density at radius 3 is 2.53 bits per heavy atom. The molecule has 8 nitrogen and oxygen atoms in total. The first-order valence-corrected chi connectivity index (χ1v) is 8.63. The van der Waals surface area contributed by atoms with E-state index in [-0.39, 0.29) is 18.7 Å². The minimum absolute atomic E-state index is 0.108. The summed E-state index contributed by atoms with van der Waals surface area (Å²) in [6, 6.07) is -1.59. The Morgan fingerprint density at radius 2 is 2.05 bits per heavy atom. The molecular formula is C9H19N3O5S2. The molecule has 0 heterocycles. The summed E-state index contributed by atoms with van der Waals surface area (Å²) in [6.45, 7) is 0.108. The van der Waals surface area contributed by atoms with E-state index < -0.39 is 28.1 Å². The fourth-order valence-corrected chi connectivity index (χ4v) is 2.20. The number of sulfonamides is 1. The molecule has 1 atom stereocenters. The van der Waals surface area contributed by atoms with Crippen LogP contribution in [0.2, 0.25) is 0 Å². The summed E-state index contributed by atoms with van der Waals surface area (Å²) in [5, 5.41) is 18.4. The topological polar surface area (TPSA) is 139 Å². The van der Waals surface area contributed by atoms with Crippen LogP contribution in [0, 0.1) is 0 Å². The number of rotatable bonds is 9. The van der Waals surface area contributed by atoms with Gasteiger partial charge in [-0.25, -0.2) is 23.1 Å². The monoisotopic (exact) mass is 313 g/mol. The number of thioether (sulfide) groups is 1. The molecule has 5 N–H and O–H groups in total. The number of nitrogens with one attached hydrogen (secondary N) is 2. The summed E-state index contributed by atoms with van der Waals surface area (Å²) in [6.07, 6.45) is 2.34. The second kappa shape index (κ2) is 8.99. The number of carbonyl (C=O) groups excluding carboxylic acids is 1. The molecule has 0 aliphatic heterocycles. The molecule has 1 unspecified atom stereocenters. The Bertz CT molecular complexity index is 399. The fraction of sp³-hybridized carbons (Fsp3) is 0.778. The first-order valence-electron chi connectivity index (χ1n) is 5.53. The third-order valence-electron chi connectivity index (χ3n) is 2.11. The van der Waals surface area contributed by atoms with E-state index in [9.17, 15) is 18.0 Å². The third kappa shape index (κ3) is 10.6. The van der Waals surface area contributed by atoms with E-state index in [1.54, 1.807) is 0 Å². The molecular weight excluding hydrogens is 294 g/mol. The highest BCUT2D eigenvalue weighted by atomic mass is 32.2. The van der Waals surface area contributed by atoms with E-state index in [4.69, 9.17) is 10.2 Å². The van der Waals surface area contributed by atoms with Gasteiger partial charge in [-0.3, -0.25) is 0 Å². The van der Waals surface area contributed by atoms with Crippen LogP contribution in [-0.4, -0.2) is 55.9 Å². The average Bonchev–Trinajstić information content (AvgIpc) is 2.28. The zero-order valence-corrected chi connectivity index (χ0v) is 12.2. The Balaban J connectivity index is 3.96. The number of nitrogens with two attached hydrogens (primary N) is 1. The lowest BCUT2D eigenvalue weighted by Gasteiger charge is -2.14. The molecule has 10 heteroatoms. The lowest BCUT2D eigenvalue weighted by Crippen LogP contribution is -2.46. The minimum atomic E-state index is -3.54. The molecule has 0 fully saturated rings. The second-order valence-corrected chi connectivity index (χ2v) is 6.51. The largest absolute Gasteiger partial charge is 0.480 e. The van der Waals surface area contributed by atoms with E-state index in [0.29, 0.717) is 12.2 Å². The minimum Gasteiger partial charge on any atom is -0.480 e. The van der Waals surface area contributed by atoms with Crippen molar-refractivity contribution in [2.75, 3.05) is 24.3 Å². The lowest BCUT2D eigenvalue weighted by molar-refractivity contribution is -0.139. The fourth-order valence-electron chi connectivity index (χ4n) is 1.18. The quantitative estimate of drug-likeness (QED) is 0.410.